The molecule has 2 heterocycles. The fourth-order valence-corrected chi connectivity index (χ4v) is 4.69. The van der Waals surface area contributed by atoms with Gasteiger partial charge in [0.2, 0.25) is 0 Å². The van der Waals surface area contributed by atoms with Gasteiger partial charge in [0, 0.05) is 43.3 Å². The average Bonchev–Trinajstić information content (AvgIpc) is 3.21. The lowest BCUT2D eigenvalue weighted by molar-refractivity contribution is 0.0831. The molecule has 30 heavy (non-hydrogen) atoms. The molecule has 2 amide bonds. The van der Waals surface area contributed by atoms with Crippen LogP contribution in [-0.4, -0.2) is 53.7 Å². The van der Waals surface area contributed by atoms with Crippen molar-refractivity contribution in [2.45, 2.75) is 13.0 Å². The van der Waals surface area contributed by atoms with Gasteiger partial charge in [-0.05, 0) is 47.2 Å². The lowest BCUT2D eigenvalue weighted by Gasteiger charge is -2.35. The number of hydrogen-bond donors (Lipinski definition) is 2. The number of aliphatic hydroxyl groups excluding tert-OH is 1. The van der Waals surface area contributed by atoms with Crippen molar-refractivity contribution in [3.05, 3.63) is 77.2 Å². The highest BCUT2D eigenvalue weighted by atomic mass is 32.1. The van der Waals surface area contributed by atoms with Crippen LogP contribution in [0.4, 0.5) is 10.5 Å². The molecule has 4 rings (SSSR count). The normalized spacial score (nSPS) is 15.7. The minimum absolute atomic E-state index is 0.0710. The summed E-state index contributed by atoms with van der Waals surface area (Å²) in [6, 6.07) is 19.8. The van der Waals surface area contributed by atoms with Crippen molar-refractivity contribution in [1.29, 1.82) is 0 Å². The van der Waals surface area contributed by atoms with E-state index in [2.05, 4.69) is 34.7 Å². The summed E-state index contributed by atoms with van der Waals surface area (Å²) < 4.78 is 0. The second-order valence-electron chi connectivity index (χ2n) is 7.66. The summed E-state index contributed by atoms with van der Waals surface area (Å²) in [5, 5.41) is 15.6. The number of aryl methyl sites for hydroxylation is 1. The van der Waals surface area contributed by atoms with Crippen molar-refractivity contribution >= 4 is 23.1 Å². The molecule has 1 atom stereocenters. The number of nitrogens with zero attached hydrogens (tertiary/aromatic N) is 2. The maximum Gasteiger partial charge on any atom is 0.321 e. The van der Waals surface area contributed by atoms with Crippen molar-refractivity contribution in [1.82, 2.24) is 9.80 Å². The number of rotatable bonds is 5. The monoisotopic (exact) mass is 421 g/mol. The minimum atomic E-state index is -0.505. The van der Waals surface area contributed by atoms with Crippen molar-refractivity contribution in [3.8, 4) is 10.4 Å². The van der Waals surface area contributed by atoms with Crippen LogP contribution < -0.4 is 5.32 Å². The Morgan fingerprint density at radius 1 is 1.07 bits per heavy atom. The Morgan fingerprint density at radius 3 is 2.53 bits per heavy atom. The highest BCUT2D eigenvalue weighted by Gasteiger charge is 2.23. The number of urea groups is 1. The number of amides is 2. The first-order valence-electron chi connectivity index (χ1n) is 10.3. The summed E-state index contributed by atoms with van der Waals surface area (Å²) in [4.78, 5) is 18.0. The Balaban J connectivity index is 1.30. The Morgan fingerprint density at radius 2 is 1.83 bits per heavy atom. The van der Waals surface area contributed by atoms with Crippen LogP contribution in [0.25, 0.3) is 10.4 Å². The third kappa shape index (κ3) is 4.90. The highest BCUT2D eigenvalue weighted by Crippen LogP contribution is 2.30. The molecular formula is C24H27N3O2S. The van der Waals surface area contributed by atoms with E-state index in [9.17, 15) is 9.90 Å². The summed E-state index contributed by atoms with van der Waals surface area (Å²) in [7, 11) is 0. The van der Waals surface area contributed by atoms with Gasteiger partial charge in [0.05, 0.1) is 6.10 Å². The molecular weight excluding hydrogens is 394 g/mol. The predicted molar refractivity (Wildman–Crippen MR) is 123 cm³/mol. The number of nitrogens with one attached hydrogen (secondary N) is 1. The molecule has 1 aromatic heterocycles. The standard InChI is InChI=1S/C24H27N3O2S/c1-18-10-15-30-23(18)20-8-5-9-21(16-20)25-24(29)27-13-11-26(12-14-27)17-22(28)19-6-3-2-4-7-19/h2-10,15-16,22,28H,11-14,17H2,1H3,(H,25,29). The van der Waals surface area contributed by atoms with Crippen LogP contribution in [0.15, 0.2) is 66.0 Å². The van der Waals surface area contributed by atoms with Crippen molar-refractivity contribution in [3.63, 3.8) is 0 Å². The predicted octanol–water partition coefficient (Wildman–Crippen LogP) is 4.61. The fourth-order valence-electron chi connectivity index (χ4n) is 3.77. The van der Waals surface area contributed by atoms with Gasteiger partial charge in [-0.25, -0.2) is 4.79 Å². The minimum Gasteiger partial charge on any atom is -0.387 e. The number of carbonyl (C=O) groups is 1. The van der Waals surface area contributed by atoms with E-state index in [4.69, 9.17) is 0 Å². The number of aliphatic hydroxyl groups is 1. The van der Waals surface area contributed by atoms with Crippen LogP contribution in [0.1, 0.15) is 17.2 Å². The maximum atomic E-state index is 12.7. The molecule has 0 radical (unpaired) electrons. The quantitative estimate of drug-likeness (QED) is 0.633. The first-order valence-corrected chi connectivity index (χ1v) is 11.1. The molecule has 2 aromatic carbocycles. The smallest absolute Gasteiger partial charge is 0.321 e. The van der Waals surface area contributed by atoms with Crippen molar-refractivity contribution < 1.29 is 9.90 Å². The lowest BCUT2D eigenvalue weighted by atomic mass is 10.1. The fraction of sp³-hybridized carbons (Fsp3) is 0.292. The maximum absolute atomic E-state index is 12.7. The van der Waals surface area contributed by atoms with Gasteiger partial charge < -0.3 is 15.3 Å². The van der Waals surface area contributed by atoms with Gasteiger partial charge >= 0.3 is 6.03 Å². The average molecular weight is 422 g/mol. The summed E-state index contributed by atoms with van der Waals surface area (Å²) in [6.45, 7) is 5.50. The number of benzene rings is 2. The topological polar surface area (TPSA) is 55.8 Å². The zero-order valence-corrected chi connectivity index (χ0v) is 17.9. The third-order valence-corrected chi connectivity index (χ3v) is 6.58. The molecule has 1 aliphatic heterocycles. The molecule has 0 aliphatic carbocycles. The van der Waals surface area contributed by atoms with E-state index < -0.39 is 6.10 Å². The number of anilines is 1. The highest BCUT2D eigenvalue weighted by molar-refractivity contribution is 7.13. The Kier molecular flexibility index (Phi) is 6.47. The van der Waals surface area contributed by atoms with E-state index >= 15 is 0 Å². The van der Waals surface area contributed by atoms with Crippen molar-refractivity contribution in [2.24, 2.45) is 0 Å². The second-order valence-corrected chi connectivity index (χ2v) is 8.57. The first-order chi connectivity index (χ1) is 14.6. The third-order valence-electron chi connectivity index (χ3n) is 5.51. The van der Waals surface area contributed by atoms with Crippen LogP contribution in [0.5, 0.6) is 0 Å². The van der Waals surface area contributed by atoms with Crippen LogP contribution in [0, 0.1) is 6.92 Å². The molecule has 5 nitrogen and oxygen atoms in total. The Labute approximate surface area is 181 Å². The molecule has 156 valence electrons. The van der Waals surface area contributed by atoms with Crippen LogP contribution in [0.2, 0.25) is 0 Å². The summed E-state index contributed by atoms with van der Waals surface area (Å²) in [6.07, 6.45) is -0.505. The van der Waals surface area contributed by atoms with E-state index in [1.807, 2.05) is 53.4 Å². The van der Waals surface area contributed by atoms with Crippen molar-refractivity contribution in [2.75, 3.05) is 38.0 Å². The Bertz CT molecular complexity index is 981. The molecule has 2 N–H and O–H groups in total. The number of carbonyl (C=O) groups excluding carboxylic acids is 1. The number of thiophene rings is 1. The van der Waals surface area contributed by atoms with Crippen LogP contribution in [0.3, 0.4) is 0 Å². The van der Waals surface area contributed by atoms with E-state index in [0.29, 0.717) is 19.6 Å². The number of β-amino-alcohol motifs (C(OH)–C–C–N with tert-alkyl or cyclic N) is 1. The van der Waals surface area contributed by atoms with Gasteiger partial charge in [-0.1, -0.05) is 42.5 Å². The number of piperazine rings is 1. The first kappa shape index (κ1) is 20.6. The van der Waals surface area contributed by atoms with Crippen LogP contribution in [-0.2, 0) is 0 Å². The molecule has 1 saturated heterocycles. The van der Waals surface area contributed by atoms with Gasteiger partial charge in [0.25, 0.3) is 0 Å². The second kappa shape index (κ2) is 9.43. The molecule has 6 heteroatoms. The van der Waals surface area contributed by atoms with E-state index in [1.54, 1.807) is 11.3 Å². The van der Waals surface area contributed by atoms with Gasteiger partial charge in [0.15, 0.2) is 0 Å². The molecule has 1 fully saturated rings. The molecule has 0 saturated carbocycles. The van der Waals surface area contributed by atoms with Gasteiger partial charge in [-0.3, -0.25) is 4.90 Å². The largest absolute Gasteiger partial charge is 0.387 e. The SMILES string of the molecule is Cc1ccsc1-c1cccc(NC(=O)N2CCN(CC(O)c3ccccc3)CC2)c1. The Hall–Kier alpha value is -2.67. The molecule has 0 bridgehead atoms. The zero-order valence-electron chi connectivity index (χ0n) is 17.1. The summed E-state index contributed by atoms with van der Waals surface area (Å²) >= 11 is 1.71. The molecule has 1 aliphatic rings. The zero-order chi connectivity index (χ0) is 20.9. The molecule has 1 unspecified atom stereocenters. The van der Waals surface area contributed by atoms with Crippen LogP contribution >= 0.6 is 11.3 Å². The van der Waals surface area contributed by atoms with Gasteiger partial charge in [-0.15, -0.1) is 11.3 Å². The summed E-state index contributed by atoms with van der Waals surface area (Å²) in [5.74, 6) is 0. The van der Waals surface area contributed by atoms with Gasteiger partial charge in [0.1, 0.15) is 0 Å². The van der Waals surface area contributed by atoms with E-state index in [-0.39, 0.29) is 6.03 Å². The van der Waals surface area contributed by atoms with E-state index in [1.165, 1.54) is 10.4 Å². The van der Waals surface area contributed by atoms with E-state index in [0.717, 1.165) is 29.9 Å². The van der Waals surface area contributed by atoms with Gasteiger partial charge in [-0.2, -0.15) is 0 Å². The lowest BCUT2D eigenvalue weighted by Crippen LogP contribution is -2.50. The number of hydrogen-bond acceptors (Lipinski definition) is 4. The molecule has 3 aromatic rings. The summed E-state index contributed by atoms with van der Waals surface area (Å²) in [5.41, 5.74) is 4.11. The molecule has 0 spiro atoms.